The van der Waals surface area contributed by atoms with Gasteiger partial charge in [-0.2, -0.15) is 0 Å². The summed E-state index contributed by atoms with van der Waals surface area (Å²) in [5.41, 5.74) is 1.36. The molecule has 1 aromatic rings. The zero-order valence-electron chi connectivity index (χ0n) is 21.4. The molecule has 2 saturated carbocycles. The molecule has 0 aromatic heterocycles. The van der Waals surface area contributed by atoms with Gasteiger partial charge in [-0.25, -0.2) is 4.79 Å². The number of carbonyl (C=O) groups is 1. The van der Waals surface area contributed by atoms with Crippen LogP contribution in [0.4, 0.5) is 0 Å². The fourth-order valence-corrected chi connectivity index (χ4v) is 7.16. The Balaban J connectivity index is 1.55. The monoisotopic (exact) mass is 481 g/mol. The van der Waals surface area contributed by atoms with Crippen molar-refractivity contribution in [3.63, 3.8) is 0 Å². The molecule has 6 nitrogen and oxygen atoms in total. The van der Waals surface area contributed by atoms with Crippen molar-refractivity contribution in [3.05, 3.63) is 47.1 Å². The summed E-state index contributed by atoms with van der Waals surface area (Å²) in [5.74, 6) is 1.09. The Morgan fingerprint density at radius 3 is 2.71 bits per heavy atom. The average Bonchev–Trinajstić information content (AvgIpc) is 3.16. The van der Waals surface area contributed by atoms with E-state index in [-0.39, 0.29) is 6.04 Å². The highest BCUT2D eigenvalue weighted by Gasteiger charge is 2.70. The quantitative estimate of drug-likeness (QED) is 0.265. The van der Waals surface area contributed by atoms with Gasteiger partial charge in [-0.05, 0) is 77.0 Å². The smallest absolute Gasteiger partial charge is 0.336 e. The highest BCUT2D eigenvalue weighted by molar-refractivity contribution is 5.85. The first-order chi connectivity index (χ1) is 16.7. The van der Waals surface area contributed by atoms with Crippen LogP contribution in [0, 0.1) is 5.92 Å². The normalized spacial score (nSPS) is 33.3. The Hall–Kier alpha value is -2.15. The van der Waals surface area contributed by atoms with Crippen LogP contribution in [-0.4, -0.2) is 58.5 Å². The van der Waals surface area contributed by atoms with Gasteiger partial charge in [-0.1, -0.05) is 37.1 Å². The highest BCUT2D eigenvalue weighted by atomic mass is 16.6. The Bertz CT molecular complexity index is 1060. The summed E-state index contributed by atoms with van der Waals surface area (Å²) in [6.45, 7) is 6.98. The molecule has 0 bridgehead atoms. The van der Waals surface area contributed by atoms with E-state index in [1.165, 1.54) is 25.3 Å². The average molecular weight is 482 g/mol. The number of benzene rings is 1. The molecule has 2 N–H and O–H groups in total. The topological polar surface area (TPSA) is 79.2 Å². The van der Waals surface area contributed by atoms with Gasteiger partial charge in [-0.15, -0.1) is 0 Å². The maximum Gasteiger partial charge on any atom is 0.336 e. The summed E-state index contributed by atoms with van der Waals surface area (Å²) >= 11 is 0. The summed E-state index contributed by atoms with van der Waals surface area (Å²) < 4.78 is 12.2. The largest absolute Gasteiger partial charge is 0.482 e. The highest BCUT2D eigenvalue weighted by Crippen LogP contribution is 2.64. The molecule has 1 heterocycles. The number of aliphatic hydroxyl groups excluding tert-OH is 1. The van der Waals surface area contributed by atoms with Crippen molar-refractivity contribution in [2.45, 2.75) is 95.0 Å². The van der Waals surface area contributed by atoms with E-state index >= 15 is 0 Å². The molecule has 0 spiro atoms. The van der Waals surface area contributed by atoms with Gasteiger partial charge in [0.15, 0.2) is 11.5 Å². The van der Waals surface area contributed by atoms with Crippen LogP contribution in [0.5, 0.6) is 11.5 Å². The van der Waals surface area contributed by atoms with Gasteiger partial charge in [0.05, 0.1) is 17.1 Å². The van der Waals surface area contributed by atoms with Crippen LogP contribution in [-0.2, 0) is 16.6 Å². The van der Waals surface area contributed by atoms with Gasteiger partial charge in [0.1, 0.15) is 6.10 Å². The summed E-state index contributed by atoms with van der Waals surface area (Å²) in [6.07, 6.45) is 9.84. The minimum atomic E-state index is -1.03. The van der Waals surface area contributed by atoms with E-state index in [1.54, 1.807) is 12.1 Å². The number of esters is 1. The number of rotatable bonds is 7. The first-order valence-electron chi connectivity index (χ1n) is 13.2. The third kappa shape index (κ3) is 3.76. The van der Waals surface area contributed by atoms with Crippen molar-refractivity contribution in [2.75, 3.05) is 13.6 Å². The van der Waals surface area contributed by atoms with Crippen LogP contribution in [0.25, 0.3) is 0 Å². The molecular formula is C29H39NO5. The van der Waals surface area contributed by atoms with E-state index in [2.05, 4.69) is 18.9 Å². The zero-order chi connectivity index (χ0) is 25.0. The third-order valence-corrected chi connectivity index (χ3v) is 9.03. The maximum absolute atomic E-state index is 12.5. The SMILES string of the molecule is CC[C@]12c3c4ccc(OC(=O)/C=C/C=C(C)C)c3O[C@H]1[C@@H](O)CC[C@@]2(O)[C@H](N(C)CC1CCC1)C4. The number of carbonyl (C=O) groups excluding carboxylic acids is 1. The van der Waals surface area contributed by atoms with Gasteiger partial charge in [-0.3, -0.25) is 4.90 Å². The van der Waals surface area contributed by atoms with Crippen LogP contribution in [0.15, 0.2) is 35.9 Å². The van der Waals surface area contributed by atoms with Gasteiger partial charge >= 0.3 is 5.97 Å². The standard InChI is InChI=1S/C29H39NO5/c1-5-28-25-20-12-13-22(34-24(32)11-6-8-18(2)3)26(25)35-27(28)21(31)14-15-29(28,33)23(16-20)30(4)17-19-9-7-10-19/h6,8,11-13,19,21,23,27,31,33H,5,7,9-10,14-17H2,1-4H3/b11-6+/t21-,23+,27-,28-,29+/m0/s1. The fraction of sp³-hybridized carbons (Fsp3) is 0.621. The molecule has 2 fully saturated rings. The lowest BCUT2D eigenvalue weighted by Crippen LogP contribution is -2.73. The predicted molar refractivity (Wildman–Crippen MR) is 135 cm³/mol. The Kier molecular flexibility index (Phi) is 6.35. The van der Waals surface area contributed by atoms with E-state index in [1.807, 2.05) is 26.0 Å². The van der Waals surface area contributed by atoms with E-state index in [4.69, 9.17) is 9.47 Å². The molecule has 6 heteroatoms. The van der Waals surface area contributed by atoms with Crippen molar-refractivity contribution in [3.8, 4) is 11.5 Å². The van der Waals surface area contributed by atoms with Crippen LogP contribution < -0.4 is 9.47 Å². The predicted octanol–water partition coefficient (Wildman–Crippen LogP) is 4.07. The third-order valence-electron chi connectivity index (χ3n) is 9.03. The van der Waals surface area contributed by atoms with Crippen molar-refractivity contribution in [1.82, 2.24) is 4.90 Å². The Morgan fingerprint density at radius 1 is 1.29 bits per heavy atom. The Labute approximate surface area is 208 Å². The second-order valence-electron chi connectivity index (χ2n) is 11.3. The van der Waals surface area contributed by atoms with Crippen LogP contribution in [0.3, 0.4) is 0 Å². The van der Waals surface area contributed by atoms with E-state index in [0.29, 0.717) is 43.1 Å². The van der Waals surface area contributed by atoms with Gasteiger partial charge in [0.25, 0.3) is 0 Å². The fourth-order valence-electron chi connectivity index (χ4n) is 7.16. The molecular weight excluding hydrogens is 442 g/mol. The van der Waals surface area contributed by atoms with E-state index < -0.39 is 29.2 Å². The second-order valence-corrected chi connectivity index (χ2v) is 11.3. The molecule has 1 aliphatic heterocycles. The number of likely N-dealkylation sites (N-methyl/N-ethyl adjacent to an activating group) is 1. The van der Waals surface area contributed by atoms with Crippen molar-refractivity contribution in [1.29, 1.82) is 0 Å². The van der Waals surface area contributed by atoms with Gasteiger partial charge in [0, 0.05) is 24.2 Å². The molecule has 190 valence electrons. The first-order valence-corrected chi connectivity index (χ1v) is 13.2. The molecule has 0 amide bonds. The van der Waals surface area contributed by atoms with Crippen LogP contribution in [0.2, 0.25) is 0 Å². The first kappa shape index (κ1) is 24.5. The number of aliphatic hydroxyl groups is 2. The van der Waals surface area contributed by atoms with E-state index in [9.17, 15) is 15.0 Å². The van der Waals surface area contributed by atoms with Gasteiger partial charge < -0.3 is 19.7 Å². The molecule has 0 unspecified atom stereocenters. The second kappa shape index (κ2) is 9.06. The lowest BCUT2D eigenvalue weighted by molar-refractivity contribution is -0.184. The molecule has 0 saturated heterocycles. The lowest BCUT2D eigenvalue weighted by atomic mass is 9.50. The number of nitrogens with zero attached hydrogens (tertiary/aromatic N) is 1. The van der Waals surface area contributed by atoms with Crippen molar-refractivity contribution in [2.24, 2.45) is 5.92 Å². The van der Waals surface area contributed by atoms with Gasteiger partial charge in [0.2, 0.25) is 0 Å². The minimum Gasteiger partial charge on any atom is -0.482 e. The summed E-state index contributed by atoms with van der Waals surface area (Å²) in [7, 11) is 2.14. The molecule has 5 atom stereocenters. The molecule has 4 aliphatic rings. The lowest BCUT2D eigenvalue weighted by Gasteiger charge is -2.60. The van der Waals surface area contributed by atoms with E-state index in [0.717, 1.165) is 23.2 Å². The van der Waals surface area contributed by atoms with Crippen LogP contribution >= 0.6 is 0 Å². The zero-order valence-corrected chi connectivity index (χ0v) is 21.4. The molecule has 0 radical (unpaired) electrons. The number of ether oxygens (including phenoxy) is 2. The van der Waals surface area contributed by atoms with Crippen LogP contribution in [0.1, 0.15) is 70.4 Å². The van der Waals surface area contributed by atoms with Crippen molar-refractivity contribution >= 4 is 5.97 Å². The maximum atomic E-state index is 12.5. The summed E-state index contributed by atoms with van der Waals surface area (Å²) in [6, 6.07) is 3.77. The van der Waals surface area contributed by atoms with Crippen molar-refractivity contribution < 1.29 is 24.5 Å². The summed E-state index contributed by atoms with van der Waals surface area (Å²) in [4.78, 5) is 14.9. The number of allylic oxidation sites excluding steroid dienone is 3. The molecule has 1 aromatic carbocycles. The minimum absolute atomic E-state index is 0.0551. The molecule has 35 heavy (non-hydrogen) atoms. The summed E-state index contributed by atoms with van der Waals surface area (Å²) in [5, 5.41) is 23.6. The number of hydrogen-bond acceptors (Lipinski definition) is 6. The Morgan fingerprint density at radius 2 is 2.06 bits per heavy atom. The molecule has 3 aliphatic carbocycles. The number of hydrogen-bond donors (Lipinski definition) is 2. The molecule has 5 rings (SSSR count).